The second-order valence-corrected chi connectivity index (χ2v) is 16.5. The van der Waals surface area contributed by atoms with E-state index in [9.17, 15) is 0 Å². The van der Waals surface area contributed by atoms with Gasteiger partial charge >= 0.3 is 0 Å². The highest BCUT2D eigenvalue weighted by atomic mass is 15.1. The lowest BCUT2D eigenvalue weighted by Gasteiger charge is -2.26. The molecule has 0 radical (unpaired) electrons. The Morgan fingerprint density at radius 3 is 1.59 bits per heavy atom. The standard InChI is InChI=1S/C58H43N/c1-58(2)54-22-12-11-20-52(54)57-48(21-13-23-55(57)58)42-28-35-47(36-29-42)59(45-31-24-40(25-32-45)39-14-5-3-6-15-39)46-33-26-41(27-34-46)44-30-37-50-49-18-9-10-19-51(49)56(53(50)38-44)43-16-7-4-8-17-43/h3-38,50H,1-2H3. The fourth-order valence-electron chi connectivity index (χ4n) is 9.83. The van der Waals surface area contributed by atoms with Crippen molar-refractivity contribution in [3.05, 3.63) is 257 Å². The molecule has 11 rings (SSSR count). The molecule has 1 heteroatoms. The van der Waals surface area contributed by atoms with Gasteiger partial charge in [-0.2, -0.15) is 0 Å². The number of nitrogens with zero attached hydrogens (tertiary/aromatic N) is 1. The van der Waals surface area contributed by atoms with Crippen LogP contribution in [-0.4, -0.2) is 0 Å². The Morgan fingerprint density at radius 1 is 0.407 bits per heavy atom. The quantitative estimate of drug-likeness (QED) is 0.157. The zero-order valence-electron chi connectivity index (χ0n) is 33.3. The van der Waals surface area contributed by atoms with Gasteiger partial charge in [-0.25, -0.2) is 0 Å². The number of anilines is 3. The first-order valence-electron chi connectivity index (χ1n) is 20.7. The average molecular weight is 754 g/mol. The van der Waals surface area contributed by atoms with E-state index in [4.69, 9.17) is 0 Å². The van der Waals surface area contributed by atoms with E-state index in [1.165, 1.54) is 83.5 Å². The van der Waals surface area contributed by atoms with Gasteiger partial charge in [-0.05, 0) is 126 Å². The van der Waals surface area contributed by atoms with Crippen LogP contribution in [0.4, 0.5) is 17.1 Å². The van der Waals surface area contributed by atoms with E-state index in [-0.39, 0.29) is 11.3 Å². The van der Waals surface area contributed by atoms with Crippen LogP contribution in [0, 0.1) is 0 Å². The number of rotatable bonds is 7. The summed E-state index contributed by atoms with van der Waals surface area (Å²) in [6.07, 6.45) is 7.12. The molecule has 3 aliphatic rings. The van der Waals surface area contributed by atoms with Crippen LogP contribution in [0.3, 0.4) is 0 Å². The molecule has 0 aromatic heterocycles. The summed E-state index contributed by atoms with van der Waals surface area (Å²) < 4.78 is 0. The molecule has 0 saturated carbocycles. The maximum absolute atomic E-state index is 2.42. The van der Waals surface area contributed by atoms with Crippen LogP contribution < -0.4 is 4.90 Å². The summed E-state index contributed by atoms with van der Waals surface area (Å²) >= 11 is 0. The van der Waals surface area contributed by atoms with Crippen LogP contribution >= 0.6 is 0 Å². The molecule has 0 aliphatic heterocycles. The fraction of sp³-hybridized carbons (Fsp3) is 0.0690. The summed E-state index contributed by atoms with van der Waals surface area (Å²) in [6.45, 7) is 4.70. The molecular weight excluding hydrogens is 711 g/mol. The Kier molecular flexibility index (Phi) is 8.31. The van der Waals surface area contributed by atoms with Crippen molar-refractivity contribution in [3.63, 3.8) is 0 Å². The van der Waals surface area contributed by atoms with E-state index in [0.29, 0.717) is 0 Å². The van der Waals surface area contributed by atoms with Gasteiger partial charge in [0.15, 0.2) is 0 Å². The van der Waals surface area contributed by atoms with Crippen molar-refractivity contribution in [1.29, 1.82) is 0 Å². The van der Waals surface area contributed by atoms with Gasteiger partial charge in [-0.1, -0.05) is 190 Å². The summed E-state index contributed by atoms with van der Waals surface area (Å²) in [5.41, 5.74) is 22.8. The van der Waals surface area contributed by atoms with Crippen molar-refractivity contribution in [1.82, 2.24) is 0 Å². The Bertz CT molecular complexity index is 2960. The van der Waals surface area contributed by atoms with E-state index < -0.39 is 0 Å². The molecular formula is C58H43N. The molecule has 0 saturated heterocycles. The first-order chi connectivity index (χ1) is 29.0. The maximum Gasteiger partial charge on any atom is 0.0462 e. The molecule has 8 aromatic rings. The van der Waals surface area contributed by atoms with Gasteiger partial charge in [0.1, 0.15) is 0 Å². The van der Waals surface area contributed by atoms with Gasteiger partial charge < -0.3 is 4.90 Å². The smallest absolute Gasteiger partial charge is 0.0462 e. The van der Waals surface area contributed by atoms with Gasteiger partial charge in [0.25, 0.3) is 0 Å². The number of fused-ring (bicyclic) bond motifs is 6. The molecule has 8 aromatic carbocycles. The van der Waals surface area contributed by atoms with Crippen molar-refractivity contribution in [2.24, 2.45) is 0 Å². The Morgan fingerprint density at radius 2 is 0.915 bits per heavy atom. The van der Waals surface area contributed by atoms with E-state index >= 15 is 0 Å². The normalized spacial score (nSPS) is 15.6. The molecule has 280 valence electrons. The average Bonchev–Trinajstić information content (AvgIpc) is 3.76. The largest absolute Gasteiger partial charge is 0.311 e. The van der Waals surface area contributed by atoms with Gasteiger partial charge in [0, 0.05) is 28.4 Å². The summed E-state index contributed by atoms with van der Waals surface area (Å²) in [5, 5.41) is 0. The number of allylic oxidation sites excluding steroid dienone is 5. The number of benzene rings is 8. The van der Waals surface area contributed by atoms with Crippen LogP contribution in [0.2, 0.25) is 0 Å². The topological polar surface area (TPSA) is 3.24 Å². The van der Waals surface area contributed by atoms with Gasteiger partial charge in [-0.3, -0.25) is 0 Å². The Hall–Kier alpha value is -7.22. The third kappa shape index (κ3) is 5.84. The lowest BCUT2D eigenvalue weighted by atomic mass is 9.82. The molecule has 0 N–H and O–H groups in total. The number of hydrogen-bond acceptors (Lipinski definition) is 1. The third-order valence-corrected chi connectivity index (χ3v) is 12.8. The molecule has 0 bridgehead atoms. The lowest BCUT2D eigenvalue weighted by molar-refractivity contribution is 0.660. The molecule has 59 heavy (non-hydrogen) atoms. The molecule has 3 aliphatic carbocycles. The first kappa shape index (κ1) is 35.0. The summed E-state index contributed by atoms with van der Waals surface area (Å²) in [7, 11) is 0. The molecule has 0 spiro atoms. The minimum atomic E-state index is -0.0366. The van der Waals surface area contributed by atoms with Gasteiger partial charge in [0.05, 0.1) is 0 Å². The van der Waals surface area contributed by atoms with Crippen molar-refractivity contribution >= 4 is 28.2 Å². The van der Waals surface area contributed by atoms with E-state index in [1.807, 2.05) is 0 Å². The van der Waals surface area contributed by atoms with E-state index in [0.717, 1.165) is 17.1 Å². The summed E-state index contributed by atoms with van der Waals surface area (Å²) in [5.74, 6) is 0.264. The van der Waals surface area contributed by atoms with Crippen molar-refractivity contribution in [3.8, 4) is 33.4 Å². The highest BCUT2D eigenvalue weighted by Crippen LogP contribution is 2.53. The fourth-order valence-corrected chi connectivity index (χ4v) is 9.83. The minimum absolute atomic E-state index is 0.0366. The Labute approximate surface area is 347 Å². The van der Waals surface area contributed by atoms with Crippen LogP contribution in [0.15, 0.2) is 224 Å². The maximum atomic E-state index is 2.42. The first-order valence-corrected chi connectivity index (χ1v) is 20.7. The second kappa shape index (κ2) is 14.0. The van der Waals surface area contributed by atoms with Crippen LogP contribution in [0.5, 0.6) is 0 Å². The molecule has 1 unspecified atom stereocenters. The number of hydrogen-bond donors (Lipinski definition) is 0. The monoisotopic (exact) mass is 753 g/mol. The molecule has 0 fully saturated rings. The predicted octanol–water partition coefficient (Wildman–Crippen LogP) is 15.3. The van der Waals surface area contributed by atoms with Crippen LogP contribution in [0.25, 0.3) is 44.5 Å². The lowest BCUT2D eigenvalue weighted by Crippen LogP contribution is -2.14. The van der Waals surface area contributed by atoms with E-state index in [2.05, 4.69) is 237 Å². The zero-order valence-corrected chi connectivity index (χ0v) is 33.3. The molecule has 0 heterocycles. The third-order valence-electron chi connectivity index (χ3n) is 12.8. The summed E-state index contributed by atoms with van der Waals surface area (Å²) in [4.78, 5) is 2.38. The predicted molar refractivity (Wildman–Crippen MR) is 248 cm³/mol. The zero-order chi connectivity index (χ0) is 39.5. The summed E-state index contributed by atoms with van der Waals surface area (Å²) in [6, 6.07) is 73.3. The van der Waals surface area contributed by atoms with Crippen molar-refractivity contribution in [2.45, 2.75) is 25.2 Å². The SMILES string of the molecule is CC1(C)c2ccccc2-c2c(-c3ccc(N(c4ccc(C5=CC6=C(c7ccccc7)c7ccccc7C6C=C5)cc4)c4ccc(-c5ccccc5)cc4)cc3)cccc21. The molecule has 0 amide bonds. The van der Waals surface area contributed by atoms with E-state index in [1.54, 1.807) is 0 Å². The van der Waals surface area contributed by atoms with Crippen LogP contribution in [-0.2, 0) is 5.41 Å². The molecule has 1 nitrogen and oxygen atoms in total. The van der Waals surface area contributed by atoms with Gasteiger partial charge in [0.2, 0.25) is 0 Å². The van der Waals surface area contributed by atoms with Crippen molar-refractivity contribution < 1.29 is 0 Å². The van der Waals surface area contributed by atoms with Crippen LogP contribution in [0.1, 0.15) is 53.1 Å². The Balaban J connectivity index is 0.973. The van der Waals surface area contributed by atoms with Gasteiger partial charge in [-0.15, -0.1) is 0 Å². The highest BCUT2D eigenvalue weighted by molar-refractivity contribution is 5.96. The van der Waals surface area contributed by atoms with Crippen molar-refractivity contribution in [2.75, 3.05) is 4.90 Å². The second-order valence-electron chi connectivity index (χ2n) is 16.5. The minimum Gasteiger partial charge on any atom is -0.311 e. The molecule has 1 atom stereocenters. The highest BCUT2D eigenvalue weighted by Gasteiger charge is 2.36.